The predicted molar refractivity (Wildman–Crippen MR) is 79.3 cm³/mol. The van der Waals surface area contributed by atoms with E-state index in [-0.39, 0.29) is 11.1 Å². The van der Waals surface area contributed by atoms with Gasteiger partial charge < -0.3 is 9.84 Å². The monoisotopic (exact) mass is 280 g/mol. The van der Waals surface area contributed by atoms with E-state index in [1.807, 2.05) is 20.8 Å². The van der Waals surface area contributed by atoms with Crippen molar-refractivity contribution in [3.8, 4) is 0 Å². The first kappa shape index (κ1) is 18.2. The molecule has 0 aliphatic rings. The number of carboxylic acid groups (broad SMARTS) is 1. The number of carbonyl (C=O) groups excluding carboxylic acids is 1. The van der Waals surface area contributed by atoms with Crippen molar-refractivity contribution < 1.29 is 19.4 Å². The van der Waals surface area contributed by atoms with Gasteiger partial charge in [0, 0.05) is 0 Å². The summed E-state index contributed by atoms with van der Waals surface area (Å²) in [6.07, 6.45) is 0.717. The minimum Gasteiger partial charge on any atom is -0.478 e. The summed E-state index contributed by atoms with van der Waals surface area (Å²) < 4.78 is 5.19. The van der Waals surface area contributed by atoms with Crippen LogP contribution in [0.15, 0.2) is 18.2 Å². The van der Waals surface area contributed by atoms with Gasteiger partial charge in [-0.3, -0.25) is 0 Å². The average Bonchev–Trinajstić information content (AvgIpc) is 2.38. The summed E-state index contributed by atoms with van der Waals surface area (Å²) in [5.74, 6) is -1.73. The maximum absolute atomic E-state index is 11.9. The van der Waals surface area contributed by atoms with Crippen LogP contribution in [0.1, 0.15) is 67.8 Å². The topological polar surface area (TPSA) is 63.6 Å². The standard InChI is InChI=1S/C14H18O4.C2H6/c1-5-9-6-7-10(11(8-9)12(15)16)13(17)18-14(2,3)4;1-2/h6-8H,5H2,1-4H3,(H,15,16);1-2H3. The Bertz CT molecular complexity index is 470. The summed E-state index contributed by atoms with van der Waals surface area (Å²) in [7, 11) is 0. The quantitative estimate of drug-likeness (QED) is 0.852. The van der Waals surface area contributed by atoms with Crippen LogP contribution in [0.3, 0.4) is 0 Å². The molecule has 112 valence electrons. The minimum absolute atomic E-state index is 0.0106. The van der Waals surface area contributed by atoms with Crippen molar-refractivity contribution in [2.75, 3.05) is 0 Å². The Kier molecular flexibility index (Phi) is 6.97. The third-order valence-corrected chi connectivity index (χ3v) is 2.34. The normalized spacial score (nSPS) is 10.3. The second-order valence-corrected chi connectivity index (χ2v) is 5.04. The molecule has 0 amide bonds. The summed E-state index contributed by atoms with van der Waals surface area (Å²) in [5.41, 5.74) is 0.314. The molecule has 0 aliphatic carbocycles. The lowest BCUT2D eigenvalue weighted by Gasteiger charge is -2.20. The summed E-state index contributed by atoms with van der Waals surface area (Å²) in [4.78, 5) is 23.1. The Hall–Kier alpha value is -1.84. The zero-order valence-electron chi connectivity index (χ0n) is 13.1. The lowest BCUT2D eigenvalue weighted by molar-refractivity contribution is 0.00658. The maximum Gasteiger partial charge on any atom is 0.339 e. The van der Waals surface area contributed by atoms with Gasteiger partial charge in [0.05, 0.1) is 11.1 Å². The molecule has 0 fully saturated rings. The third-order valence-electron chi connectivity index (χ3n) is 2.34. The summed E-state index contributed by atoms with van der Waals surface area (Å²) in [6, 6.07) is 4.77. The molecule has 1 aromatic rings. The molecule has 20 heavy (non-hydrogen) atoms. The number of aryl methyl sites for hydroxylation is 1. The Morgan fingerprint density at radius 3 is 2.10 bits per heavy atom. The van der Waals surface area contributed by atoms with Crippen molar-refractivity contribution in [2.24, 2.45) is 0 Å². The molecule has 0 radical (unpaired) electrons. The fourth-order valence-corrected chi connectivity index (χ4v) is 1.50. The Morgan fingerprint density at radius 1 is 1.15 bits per heavy atom. The minimum atomic E-state index is -1.12. The molecule has 1 aromatic carbocycles. The molecule has 0 saturated carbocycles. The Balaban J connectivity index is 0.00000172. The molecule has 0 atom stereocenters. The van der Waals surface area contributed by atoms with Gasteiger partial charge in [0.2, 0.25) is 0 Å². The van der Waals surface area contributed by atoms with E-state index in [1.54, 1.807) is 26.8 Å². The van der Waals surface area contributed by atoms with Gasteiger partial charge in [-0.15, -0.1) is 0 Å². The van der Waals surface area contributed by atoms with Gasteiger partial charge in [-0.05, 0) is 44.9 Å². The van der Waals surface area contributed by atoms with E-state index >= 15 is 0 Å². The van der Waals surface area contributed by atoms with Gasteiger partial charge in [-0.2, -0.15) is 0 Å². The fourth-order valence-electron chi connectivity index (χ4n) is 1.50. The van der Waals surface area contributed by atoms with E-state index in [0.29, 0.717) is 0 Å². The van der Waals surface area contributed by atoms with Crippen LogP contribution in [-0.2, 0) is 11.2 Å². The van der Waals surface area contributed by atoms with Gasteiger partial charge in [-0.25, -0.2) is 9.59 Å². The van der Waals surface area contributed by atoms with Crippen LogP contribution in [-0.4, -0.2) is 22.6 Å². The smallest absolute Gasteiger partial charge is 0.339 e. The van der Waals surface area contributed by atoms with Gasteiger partial charge in [0.1, 0.15) is 5.60 Å². The third kappa shape index (κ3) is 5.43. The van der Waals surface area contributed by atoms with E-state index in [9.17, 15) is 9.59 Å². The molecule has 0 bridgehead atoms. The number of rotatable bonds is 3. The molecule has 4 heteroatoms. The highest BCUT2D eigenvalue weighted by Gasteiger charge is 2.22. The van der Waals surface area contributed by atoms with Gasteiger partial charge in [0.15, 0.2) is 0 Å². The predicted octanol–water partition coefficient (Wildman–Crippen LogP) is 3.93. The van der Waals surface area contributed by atoms with E-state index in [4.69, 9.17) is 9.84 Å². The zero-order chi connectivity index (χ0) is 15.9. The zero-order valence-corrected chi connectivity index (χ0v) is 13.1. The van der Waals surface area contributed by atoms with Crippen molar-refractivity contribution in [2.45, 2.75) is 53.6 Å². The molecule has 0 aromatic heterocycles. The number of carbonyl (C=O) groups is 2. The van der Waals surface area contributed by atoms with E-state index in [1.165, 1.54) is 12.1 Å². The molecule has 1 N–H and O–H groups in total. The first-order valence-corrected chi connectivity index (χ1v) is 6.84. The number of ether oxygens (including phenoxy) is 1. The molecule has 4 nitrogen and oxygen atoms in total. The highest BCUT2D eigenvalue weighted by atomic mass is 16.6. The number of carboxylic acids is 1. The number of esters is 1. The van der Waals surface area contributed by atoms with Crippen LogP contribution in [0.5, 0.6) is 0 Å². The highest BCUT2D eigenvalue weighted by Crippen LogP contribution is 2.17. The van der Waals surface area contributed by atoms with Crippen molar-refractivity contribution in [1.29, 1.82) is 0 Å². The molecular formula is C16H24O4. The molecule has 0 unspecified atom stereocenters. The van der Waals surface area contributed by atoms with Crippen molar-refractivity contribution in [3.05, 3.63) is 34.9 Å². The van der Waals surface area contributed by atoms with Crippen LogP contribution in [0.2, 0.25) is 0 Å². The van der Waals surface area contributed by atoms with Crippen molar-refractivity contribution in [1.82, 2.24) is 0 Å². The number of hydrogen-bond acceptors (Lipinski definition) is 3. The molecular weight excluding hydrogens is 256 g/mol. The second kappa shape index (κ2) is 7.68. The Morgan fingerprint density at radius 2 is 1.70 bits per heavy atom. The first-order valence-electron chi connectivity index (χ1n) is 6.84. The van der Waals surface area contributed by atoms with Crippen LogP contribution in [0, 0.1) is 0 Å². The van der Waals surface area contributed by atoms with Crippen LogP contribution in [0.4, 0.5) is 0 Å². The lowest BCUT2D eigenvalue weighted by atomic mass is 10.0. The molecule has 0 heterocycles. The van der Waals surface area contributed by atoms with E-state index in [2.05, 4.69) is 0 Å². The number of aromatic carboxylic acids is 1. The van der Waals surface area contributed by atoms with Gasteiger partial charge in [-0.1, -0.05) is 26.8 Å². The van der Waals surface area contributed by atoms with Crippen LogP contribution >= 0.6 is 0 Å². The van der Waals surface area contributed by atoms with Crippen LogP contribution in [0.25, 0.3) is 0 Å². The van der Waals surface area contributed by atoms with E-state index < -0.39 is 17.5 Å². The van der Waals surface area contributed by atoms with Crippen molar-refractivity contribution >= 4 is 11.9 Å². The van der Waals surface area contributed by atoms with Crippen LogP contribution < -0.4 is 0 Å². The number of benzene rings is 1. The van der Waals surface area contributed by atoms with Crippen molar-refractivity contribution in [3.63, 3.8) is 0 Å². The Labute approximate surface area is 120 Å². The number of hydrogen-bond donors (Lipinski definition) is 1. The summed E-state index contributed by atoms with van der Waals surface area (Å²) in [5, 5.41) is 9.13. The van der Waals surface area contributed by atoms with Gasteiger partial charge >= 0.3 is 11.9 Å². The molecule has 0 spiro atoms. The summed E-state index contributed by atoms with van der Waals surface area (Å²) in [6.45, 7) is 11.2. The average molecular weight is 280 g/mol. The lowest BCUT2D eigenvalue weighted by Crippen LogP contribution is -2.25. The van der Waals surface area contributed by atoms with Gasteiger partial charge in [0.25, 0.3) is 0 Å². The first-order chi connectivity index (χ1) is 9.24. The SMILES string of the molecule is CC.CCc1ccc(C(=O)OC(C)(C)C)c(C(=O)O)c1. The van der Waals surface area contributed by atoms with E-state index in [0.717, 1.165) is 12.0 Å². The fraction of sp³-hybridized carbons (Fsp3) is 0.500. The molecule has 1 rings (SSSR count). The second-order valence-electron chi connectivity index (χ2n) is 5.04. The largest absolute Gasteiger partial charge is 0.478 e. The maximum atomic E-state index is 11.9. The highest BCUT2D eigenvalue weighted by molar-refractivity contribution is 6.02. The summed E-state index contributed by atoms with van der Waals surface area (Å²) >= 11 is 0. The molecule has 0 saturated heterocycles. The molecule has 0 aliphatic heterocycles.